The molecule has 2 N–H and O–H groups in total. The Bertz CT molecular complexity index is 813. The zero-order chi connectivity index (χ0) is 18.1. The van der Waals surface area contributed by atoms with E-state index in [0.29, 0.717) is 42.1 Å². The van der Waals surface area contributed by atoms with Crippen molar-refractivity contribution in [3.05, 3.63) is 47.0 Å². The van der Waals surface area contributed by atoms with Gasteiger partial charge in [0.05, 0.1) is 28.6 Å². The van der Waals surface area contributed by atoms with Crippen molar-refractivity contribution < 1.29 is 14.0 Å². The van der Waals surface area contributed by atoms with Crippen LogP contribution in [0.3, 0.4) is 0 Å². The Morgan fingerprint density at radius 3 is 2.56 bits per heavy atom. The highest BCUT2D eigenvalue weighted by Crippen LogP contribution is 2.23. The Balaban J connectivity index is 1.91. The standard InChI is InChI=1S/C18H21FN4O2/c1-11-16(18(25)22-9-3-4-13(10-22)17(20)24)12(2)23(21-11)15-7-5-14(19)6-8-15/h5-8,13H,3-4,9-10H2,1-2H3,(H2,20,24). The summed E-state index contributed by atoms with van der Waals surface area (Å²) < 4.78 is 14.8. The number of rotatable bonds is 3. The van der Waals surface area contributed by atoms with Crippen LogP contribution in [0.15, 0.2) is 24.3 Å². The molecule has 1 aliphatic heterocycles. The van der Waals surface area contributed by atoms with Crippen LogP contribution in [0, 0.1) is 25.6 Å². The minimum Gasteiger partial charge on any atom is -0.369 e. The molecule has 1 aromatic carbocycles. The quantitative estimate of drug-likeness (QED) is 0.924. The monoisotopic (exact) mass is 344 g/mol. The largest absolute Gasteiger partial charge is 0.369 e. The Morgan fingerprint density at radius 2 is 1.92 bits per heavy atom. The number of aromatic nitrogens is 2. The van der Waals surface area contributed by atoms with Crippen LogP contribution in [0.25, 0.3) is 5.69 Å². The van der Waals surface area contributed by atoms with Gasteiger partial charge in [0.25, 0.3) is 5.91 Å². The summed E-state index contributed by atoms with van der Waals surface area (Å²) in [4.78, 5) is 26.1. The summed E-state index contributed by atoms with van der Waals surface area (Å²) in [6.07, 6.45) is 1.47. The minimum atomic E-state index is -0.368. The number of halogens is 1. The normalized spacial score (nSPS) is 17.6. The first-order valence-corrected chi connectivity index (χ1v) is 8.29. The van der Waals surface area contributed by atoms with Crippen molar-refractivity contribution in [1.82, 2.24) is 14.7 Å². The first-order chi connectivity index (χ1) is 11.9. The average molecular weight is 344 g/mol. The molecule has 0 bridgehead atoms. The van der Waals surface area contributed by atoms with Gasteiger partial charge in [0.1, 0.15) is 5.82 Å². The molecule has 25 heavy (non-hydrogen) atoms. The lowest BCUT2D eigenvalue weighted by atomic mass is 9.96. The van der Waals surface area contributed by atoms with E-state index in [0.717, 1.165) is 6.42 Å². The molecule has 0 aliphatic carbocycles. The molecule has 2 aromatic rings. The van der Waals surface area contributed by atoms with Gasteiger partial charge in [0.15, 0.2) is 0 Å². The minimum absolute atomic E-state index is 0.144. The summed E-state index contributed by atoms with van der Waals surface area (Å²) in [5.74, 6) is -1.14. The van der Waals surface area contributed by atoms with Gasteiger partial charge in [-0.25, -0.2) is 9.07 Å². The fourth-order valence-corrected chi connectivity index (χ4v) is 3.34. The number of amides is 2. The van der Waals surface area contributed by atoms with Crippen LogP contribution < -0.4 is 5.73 Å². The molecule has 1 aromatic heterocycles. The van der Waals surface area contributed by atoms with Crippen molar-refractivity contribution in [1.29, 1.82) is 0 Å². The van der Waals surface area contributed by atoms with E-state index in [1.165, 1.54) is 12.1 Å². The molecular formula is C18H21FN4O2. The second-order valence-corrected chi connectivity index (χ2v) is 6.43. The molecule has 1 aliphatic rings. The van der Waals surface area contributed by atoms with Crippen LogP contribution in [-0.4, -0.2) is 39.6 Å². The molecule has 7 heteroatoms. The predicted octanol–water partition coefficient (Wildman–Crippen LogP) is 1.97. The predicted molar refractivity (Wildman–Crippen MR) is 90.8 cm³/mol. The van der Waals surface area contributed by atoms with E-state index in [4.69, 9.17) is 5.73 Å². The van der Waals surface area contributed by atoms with Gasteiger partial charge in [-0.3, -0.25) is 9.59 Å². The number of hydrogen-bond acceptors (Lipinski definition) is 3. The highest BCUT2D eigenvalue weighted by molar-refractivity contribution is 5.97. The number of likely N-dealkylation sites (tertiary alicyclic amines) is 1. The van der Waals surface area contributed by atoms with Gasteiger partial charge in [0, 0.05) is 13.1 Å². The number of nitrogens with zero attached hydrogens (tertiary/aromatic N) is 3. The molecule has 0 radical (unpaired) electrons. The van der Waals surface area contributed by atoms with Crippen LogP contribution in [0.1, 0.15) is 34.6 Å². The van der Waals surface area contributed by atoms with Crippen molar-refractivity contribution in [2.45, 2.75) is 26.7 Å². The molecular weight excluding hydrogens is 323 g/mol. The number of piperidine rings is 1. The number of carbonyl (C=O) groups excluding carboxylic acids is 2. The van der Waals surface area contributed by atoms with Crippen LogP contribution in [0.4, 0.5) is 4.39 Å². The summed E-state index contributed by atoms with van der Waals surface area (Å²) in [7, 11) is 0. The Morgan fingerprint density at radius 1 is 1.24 bits per heavy atom. The summed E-state index contributed by atoms with van der Waals surface area (Å²) in [5.41, 5.74) is 7.90. The third-order valence-electron chi connectivity index (χ3n) is 4.69. The van der Waals surface area contributed by atoms with E-state index in [9.17, 15) is 14.0 Å². The van der Waals surface area contributed by atoms with Crippen molar-refractivity contribution in [2.75, 3.05) is 13.1 Å². The molecule has 0 spiro atoms. The molecule has 6 nitrogen and oxygen atoms in total. The fraction of sp³-hybridized carbons (Fsp3) is 0.389. The molecule has 1 saturated heterocycles. The van der Waals surface area contributed by atoms with E-state index < -0.39 is 0 Å². The molecule has 1 fully saturated rings. The van der Waals surface area contributed by atoms with Gasteiger partial charge >= 0.3 is 0 Å². The van der Waals surface area contributed by atoms with E-state index in [2.05, 4.69) is 5.10 Å². The van der Waals surface area contributed by atoms with Crippen LogP contribution in [0.2, 0.25) is 0 Å². The van der Waals surface area contributed by atoms with Gasteiger partial charge < -0.3 is 10.6 Å². The smallest absolute Gasteiger partial charge is 0.257 e. The number of hydrogen-bond donors (Lipinski definition) is 1. The van der Waals surface area contributed by atoms with Gasteiger partial charge in [-0.15, -0.1) is 0 Å². The van der Waals surface area contributed by atoms with Gasteiger partial charge in [-0.1, -0.05) is 0 Å². The van der Waals surface area contributed by atoms with Crippen molar-refractivity contribution in [2.24, 2.45) is 11.7 Å². The van der Waals surface area contributed by atoms with Crippen LogP contribution in [-0.2, 0) is 4.79 Å². The maximum atomic E-state index is 13.1. The van der Waals surface area contributed by atoms with Gasteiger partial charge in [-0.05, 0) is 51.0 Å². The van der Waals surface area contributed by atoms with Gasteiger partial charge in [-0.2, -0.15) is 5.10 Å². The summed E-state index contributed by atoms with van der Waals surface area (Å²) in [5, 5.41) is 4.44. The zero-order valence-corrected chi connectivity index (χ0v) is 14.3. The second-order valence-electron chi connectivity index (χ2n) is 6.43. The summed E-state index contributed by atoms with van der Waals surface area (Å²) in [6.45, 7) is 4.53. The highest BCUT2D eigenvalue weighted by atomic mass is 19.1. The molecule has 0 saturated carbocycles. The number of carbonyl (C=O) groups is 2. The van der Waals surface area contributed by atoms with E-state index in [-0.39, 0.29) is 23.5 Å². The molecule has 2 heterocycles. The lowest BCUT2D eigenvalue weighted by Crippen LogP contribution is -2.44. The Kier molecular flexibility index (Phi) is 4.57. The number of benzene rings is 1. The molecule has 1 unspecified atom stereocenters. The van der Waals surface area contributed by atoms with Crippen molar-refractivity contribution in [3.8, 4) is 5.69 Å². The van der Waals surface area contributed by atoms with Crippen LogP contribution in [0.5, 0.6) is 0 Å². The number of aryl methyl sites for hydroxylation is 1. The maximum Gasteiger partial charge on any atom is 0.257 e. The average Bonchev–Trinajstić information content (AvgIpc) is 2.89. The van der Waals surface area contributed by atoms with E-state index >= 15 is 0 Å². The first kappa shape index (κ1) is 17.1. The maximum absolute atomic E-state index is 13.1. The first-order valence-electron chi connectivity index (χ1n) is 8.29. The lowest BCUT2D eigenvalue weighted by molar-refractivity contribution is -0.123. The summed E-state index contributed by atoms with van der Waals surface area (Å²) >= 11 is 0. The summed E-state index contributed by atoms with van der Waals surface area (Å²) in [6, 6.07) is 5.95. The molecule has 3 rings (SSSR count). The second kappa shape index (κ2) is 6.66. The molecule has 1 atom stereocenters. The molecule has 2 amide bonds. The highest BCUT2D eigenvalue weighted by Gasteiger charge is 2.30. The third kappa shape index (κ3) is 3.26. The molecule has 132 valence electrons. The topological polar surface area (TPSA) is 81.2 Å². The lowest BCUT2D eigenvalue weighted by Gasteiger charge is -2.31. The van der Waals surface area contributed by atoms with Crippen molar-refractivity contribution >= 4 is 11.8 Å². The van der Waals surface area contributed by atoms with Crippen LogP contribution >= 0.6 is 0 Å². The number of primary amides is 1. The Hall–Kier alpha value is -2.70. The number of nitrogens with two attached hydrogens (primary N) is 1. The zero-order valence-electron chi connectivity index (χ0n) is 14.3. The SMILES string of the molecule is Cc1nn(-c2ccc(F)cc2)c(C)c1C(=O)N1CCCC(C(N)=O)C1. The van der Waals surface area contributed by atoms with E-state index in [1.54, 1.807) is 28.6 Å². The van der Waals surface area contributed by atoms with Crippen molar-refractivity contribution in [3.63, 3.8) is 0 Å². The fourth-order valence-electron chi connectivity index (χ4n) is 3.34. The Labute approximate surface area is 145 Å². The third-order valence-corrected chi connectivity index (χ3v) is 4.69. The van der Waals surface area contributed by atoms with E-state index in [1.807, 2.05) is 6.92 Å². The van der Waals surface area contributed by atoms with Gasteiger partial charge in [0.2, 0.25) is 5.91 Å².